The molecule has 0 aliphatic rings. The normalized spacial score (nSPS) is 13.4. The third kappa shape index (κ3) is 8.90. The van der Waals surface area contributed by atoms with Crippen molar-refractivity contribution in [2.24, 2.45) is 11.6 Å². The van der Waals surface area contributed by atoms with Crippen LogP contribution in [0, 0.1) is 28.8 Å². The number of rotatable bonds is 13. The van der Waals surface area contributed by atoms with Crippen LogP contribution in [0.2, 0.25) is 5.02 Å². The lowest BCUT2D eigenvalue weighted by Gasteiger charge is -2.26. The highest BCUT2D eigenvalue weighted by Gasteiger charge is 2.24. The van der Waals surface area contributed by atoms with E-state index in [2.05, 4.69) is 11.5 Å². The molecule has 8 nitrogen and oxygen atoms in total. The molecule has 2 atom stereocenters. The minimum atomic E-state index is -1.62. The Morgan fingerprint density at radius 3 is 2.63 bits per heavy atom. The van der Waals surface area contributed by atoms with Gasteiger partial charge in [-0.25, -0.2) is 24.5 Å². The summed E-state index contributed by atoms with van der Waals surface area (Å²) in [5.74, 6) is 1.49. The van der Waals surface area contributed by atoms with Gasteiger partial charge in [-0.2, -0.15) is 5.26 Å². The first-order valence-corrected chi connectivity index (χ1v) is 11.6. The van der Waals surface area contributed by atoms with Gasteiger partial charge in [0.2, 0.25) is 0 Å². The Morgan fingerprint density at radius 2 is 2.00 bits per heavy atom. The second-order valence-electron chi connectivity index (χ2n) is 7.04. The molecule has 0 heterocycles. The van der Waals surface area contributed by atoms with Gasteiger partial charge in [0.1, 0.15) is 17.6 Å². The lowest BCUT2D eigenvalue weighted by Crippen LogP contribution is -2.41. The van der Waals surface area contributed by atoms with E-state index in [1.54, 1.807) is 18.2 Å². The number of nitrogens with zero attached hydrogens (tertiary/aromatic N) is 2. The number of halogens is 4. The maximum atomic E-state index is 13.5. The third-order valence-corrected chi connectivity index (χ3v) is 5.88. The maximum Gasteiger partial charge on any atom is 0.194 e. The van der Waals surface area contributed by atoms with Crippen LogP contribution in [0.15, 0.2) is 41.4 Å². The number of aliphatic hydroxyl groups excluding tert-OH is 1. The number of thioether (sulfide) groups is 1. The lowest BCUT2D eigenvalue weighted by atomic mass is 10.1. The second-order valence-corrected chi connectivity index (χ2v) is 8.62. The number of aliphatic hydroxyl groups is 1. The molecule has 2 aromatic rings. The number of hydrogen-bond donors (Lipinski definition) is 4. The molecular formula is C22H25ClF3N5O3S. The van der Waals surface area contributed by atoms with Gasteiger partial charge in [-0.1, -0.05) is 23.4 Å². The number of nitrogens with two attached hydrogens (primary N) is 2. The highest BCUT2D eigenvalue weighted by atomic mass is 35.5. The molecule has 6 N–H and O–H groups in total. The standard InChI is InChI=1S/C22H25ClF3N5O3S/c1-2-34-30-5-6-33-22(35-20-9-15(23)4-3-13(20)10-27)19(32)12-31(29)11-18(28)14-7-16(24)21(26)17(25)8-14/h3-4,7-9,11,19,22,30,32H,2,5-6,12,28-29H2,1H3/b18-11-/t19-,22?/m0/s1. The molecule has 13 heteroatoms. The molecule has 0 spiro atoms. The van der Waals surface area contributed by atoms with Crippen molar-refractivity contribution < 1.29 is 27.9 Å². The zero-order valence-corrected chi connectivity index (χ0v) is 20.3. The predicted molar refractivity (Wildman–Crippen MR) is 127 cm³/mol. The molecular weight excluding hydrogens is 507 g/mol. The number of hydroxylamine groups is 1. The quantitative estimate of drug-likeness (QED) is 0.0769. The van der Waals surface area contributed by atoms with Gasteiger partial charge >= 0.3 is 0 Å². The van der Waals surface area contributed by atoms with Crippen LogP contribution in [0.25, 0.3) is 5.70 Å². The van der Waals surface area contributed by atoms with Crippen LogP contribution in [0.4, 0.5) is 13.2 Å². The minimum absolute atomic E-state index is 0.131. The number of benzene rings is 2. The Hall–Kier alpha value is -2.50. The summed E-state index contributed by atoms with van der Waals surface area (Å²) in [6.07, 6.45) is -0.0817. The van der Waals surface area contributed by atoms with Gasteiger partial charge in [-0.3, -0.25) is 0 Å². The molecule has 2 aromatic carbocycles. The van der Waals surface area contributed by atoms with Gasteiger partial charge in [-0.05, 0) is 37.3 Å². The predicted octanol–water partition coefficient (Wildman–Crippen LogP) is 3.10. The average molecular weight is 532 g/mol. The molecule has 0 saturated carbocycles. The van der Waals surface area contributed by atoms with Crippen molar-refractivity contribution in [3.63, 3.8) is 0 Å². The number of nitrogens with one attached hydrogen (secondary N) is 1. The van der Waals surface area contributed by atoms with E-state index in [0.29, 0.717) is 28.6 Å². The number of ether oxygens (including phenoxy) is 1. The largest absolute Gasteiger partial charge is 0.397 e. The van der Waals surface area contributed by atoms with Gasteiger partial charge in [0.05, 0.1) is 31.0 Å². The molecule has 0 aliphatic heterocycles. The molecule has 35 heavy (non-hydrogen) atoms. The van der Waals surface area contributed by atoms with Crippen LogP contribution >= 0.6 is 23.4 Å². The van der Waals surface area contributed by atoms with Crippen molar-refractivity contribution in [2.45, 2.75) is 23.4 Å². The van der Waals surface area contributed by atoms with Crippen molar-refractivity contribution in [1.29, 1.82) is 5.26 Å². The van der Waals surface area contributed by atoms with Gasteiger partial charge in [0, 0.05) is 28.2 Å². The van der Waals surface area contributed by atoms with E-state index in [1.807, 2.05) is 6.92 Å². The fourth-order valence-corrected chi connectivity index (χ4v) is 4.09. The van der Waals surface area contributed by atoms with E-state index >= 15 is 0 Å². The summed E-state index contributed by atoms with van der Waals surface area (Å²) in [5.41, 5.74) is 7.66. The lowest BCUT2D eigenvalue weighted by molar-refractivity contribution is -0.0158. The monoisotopic (exact) mass is 531 g/mol. The van der Waals surface area contributed by atoms with Gasteiger partial charge in [0.25, 0.3) is 0 Å². The van der Waals surface area contributed by atoms with Gasteiger partial charge in [0.15, 0.2) is 17.5 Å². The van der Waals surface area contributed by atoms with Crippen molar-refractivity contribution in [2.75, 3.05) is 26.3 Å². The van der Waals surface area contributed by atoms with Crippen LogP contribution in [-0.2, 0) is 9.57 Å². The molecule has 0 amide bonds. The Balaban J connectivity index is 2.15. The number of nitriles is 1. The first-order valence-electron chi connectivity index (χ1n) is 10.3. The Kier molecular flexibility index (Phi) is 11.6. The SMILES string of the molecule is CCONCCOC(Sc1cc(Cl)ccc1C#N)[C@@H](O)CN(N)/C=C(\N)c1cc(F)c(F)c(F)c1. The molecule has 0 radical (unpaired) electrons. The number of hydrogen-bond acceptors (Lipinski definition) is 9. The van der Waals surface area contributed by atoms with Crippen LogP contribution in [0.3, 0.4) is 0 Å². The van der Waals surface area contributed by atoms with E-state index in [9.17, 15) is 23.5 Å². The molecule has 1 unspecified atom stereocenters. The Labute approximate surface area is 210 Å². The van der Waals surface area contributed by atoms with Gasteiger partial charge in [-0.15, -0.1) is 0 Å². The van der Waals surface area contributed by atoms with Crippen LogP contribution in [0.1, 0.15) is 18.1 Å². The molecule has 0 aliphatic carbocycles. The van der Waals surface area contributed by atoms with Crippen LogP contribution in [-0.4, -0.2) is 48.0 Å². The van der Waals surface area contributed by atoms with Crippen molar-refractivity contribution >= 4 is 29.1 Å². The zero-order chi connectivity index (χ0) is 26.0. The highest BCUT2D eigenvalue weighted by Crippen LogP contribution is 2.31. The van der Waals surface area contributed by atoms with E-state index in [-0.39, 0.29) is 24.4 Å². The summed E-state index contributed by atoms with van der Waals surface area (Å²) >= 11 is 7.12. The number of hydrazine groups is 1. The summed E-state index contributed by atoms with van der Waals surface area (Å²) in [5, 5.41) is 21.6. The summed E-state index contributed by atoms with van der Waals surface area (Å²) in [4.78, 5) is 5.52. The molecule has 190 valence electrons. The first-order chi connectivity index (χ1) is 16.7. The molecule has 2 rings (SSSR count). The molecule has 0 bridgehead atoms. The van der Waals surface area contributed by atoms with E-state index in [4.69, 9.17) is 32.8 Å². The highest BCUT2D eigenvalue weighted by molar-refractivity contribution is 7.99. The van der Waals surface area contributed by atoms with E-state index < -0.39 is 29.0 Å². The fourth-order valence-electron chi connectivity index (χ4n) is 2.76. The van der Waals surface area contributed by atoms with E-state index in [1.165, 1.54) is 0 Å². The second kappa shape index (κ2) is 14.2. The Bertz CT molecular complexity index is 1050. The van der Waals surface area contributed by atoms with Crippen LogP contribution in [0.5, 0.6) is 0 Å². The minimum Gasteiger partial charge on any atom is -0.397 e. The summed E-state index contributed by atoms with van der Waals surface area (Å²) < 4.78 is 46.0. The summed E-state index contributed by atoms with van der Waals surface area (Å²) in [7, 11) is 0. The molecule has 0 saturated heterocycles. The molecule has 0 fully saturated rings. The van der Waals surface area contributed by atoms with Crippen molar-refractivity contribution in [3.05, 3.63) is 70.1 Å². The molecule has 0 aromatic heterocycles. The smallest absolute Gasteiger partial charge is 0.194 e. The summed E-state index contributed by atoms with van der Waals surface area (Å²) in [6.45, 7) is 2.51. The van der Waals surface area contributed by atoms with Crippen molar-refractivity contribution in [1.82, 2.24) is 10.5 Å². The van der Waals surface area contributed by atoms with Crippen LogP contribution < -0.4 is 17.1 Å². The van der Waals surface area contributed by atoms with E-state index in [0.717, 1.165) is 35.1 Å². The average Bonchev–Trinajstić information content (AvgIpc) is 2.81. The first kappa shape index (κ1) is 28.7. The zero-order valence-electron chi connectivity index (χ0n) is 18.7. The maximum absolute atomic E-state index is 13.5. The Morgan fingerprint density at radius 1 is 1.31 bits per heavy atom. The topological polar surface area (TPSA) is 130 Å². The van der Waals surface area contributed by atoms with Gasteiger partial charge < -0.3 is 25.4 Å². The fraction of sp³-hybridized carbons (Fsp3) is 0.318. The van der Waals surface area contributed by atoms with Crippen molar-refractivity contribution in [3.8, 4) is 6.07 Å². The third-order valence-electron chi connectivity index (χ3n) is 4.37. The summed E-state index contributed by atoms with van der Waals surface area (Å²) in [6, 6.07) is 8.19.